The Morgan fingerprint density at radius 1 is 1.47 bits per heavy atom. The number of nitrogens with two attached hydrogens (primary N) is 1. The number of benzene rings is 1. The molecule has 2 rings (SSSR count). The zero-order chi connectivity index (χ0) is 12.4. The highest BCUT2D eigenvalue weighted by atomic mass is 32.2. The highest BCUT2D eigenvalue weighted by Gasteiger charge is 2.10. The highest BCUT2D eigenvalue weighted by Crippen LogP contribution is 2.22. The van der Waals surface area contributed by atoms with E-state index < -0.39 is 10.8 Å². The second kappa shape index (κ2) is 4.71. The first-order valence-electron chi connectivity index (χ1n) is 5.29. The van der Waals surface area contributed by atoms with E-state index in [9.17, 15) is 4.21 Å². The van der Waals surface area contributed by atoms with Gasteiger partial charge in [0.15, 0.2) is 0 Å². The van der Waals surface area contributed by atoms with Gasteiger partial charge in [-0.25, -0.2) is 0 Å². The lowest BCUT2D eigenvalue weighted by atomic mass is 10.2. The second-order valence-corrected chi connectivity index (χ2v) is 5.42. The van der Waals surface area contributed by atoms with Crippen LogP contribution in [0.3, 0.4) is 0 Å². The van der Waals surface area contributed by atoms with E-state index in [-0.39, 0.29) is 0 Å². The summed E-state index contributed by atoms with van der Waals surface area (Å²) in [6.45, 7) is 1.92. The van der Waals surface area contributed by atoms with Crippen LogP contribution in [0.4, 0.5) is 5.69 Å². The van der Waals surface area contributed by atoms with E-state index >= 15 is 0 Å². The molecule has 0 saturated heterocycles. The number of hydrogen-bond acceptors (Lipinski definition) is 3. The molecule has 0 amide bonds. The fourth-order valence-corrected chi connectivity index (χ4v) is 2.87. The molecular weight excluding hydrogens is 234 g/mol. The average Bonchev–Trinajstić information content (AvgIpc) is 2.68. The molecule has 17 heavy (non-hydrogen) atoms. The van der Waals surface area contributed by atoms with Gasteiger partial charge in [-0.05, 0) is 18.6 Å². The van der Waals surface area contributed by atoms with Crippen LogP contribution < -0.4 is 5.73 Å². The Hall–Kier alpha value is -1.62. The quantitative estimate of drug-likeness (QED) is 0.841. The van der Waals surface area contributed by atoms with Crippen LogP contribution in [0.1, 0.15) is 11.1 Å². The number of hydrogen-bond donors (Lipinski definition) is 1. The van der Waals surface area contributed by atoms with Gasteiger partial charge < -0.3 is 5.73 Å². The summed E-state index contributed by atoms with van der Waals surface area (Å²) >= 11 is 0. The molecule has 0 saturated carbocycles. The van der Waals surface area contributed by atoms with Crippen molar-refractivity contribution in [3.63, 3.8) is 0 Å². The Morgan fingerprint density at radius 2 is 2.24 bits per heavy atom. The molecule has 1 heterocycles. The van der Waals surface area contributed by atoms with Crippen LogP contribution in [0.25, 0.3) is 0 Å². The zero-order valence-electron chi connectivity index (χ0n) is 9.88. The number of para-hydroxylation sites is 1. The monoisotopic (exact) mass is 249 g/mol. The Kier molecular flexibility index (Phi) is 3.28. The fraction of sp³-hybridized carbons (Fsp3) is 0.250. The lowest BCUT2D eigenvalue weighted by Crippen LogP contribution is -2.02. The van der Waals surface area contributed by atoms with E-state index in [2.05, 4.69) is 5.10 Å². The summed E-state index contributed by atoms with van der Waals surface area (Å²) in [6, 6.07) is 5.61. The molecule has 2 aromatic rings. The molecule has 0 aliphatic carbocycles. The summed E-state index contributed by atoms with van der Waals surface area (Å²) in [5, 5.41) is 4.05. The number of rotatable bonds is 3. The number of aryl methyl sites for hydroxylation is 2. The van der Waals surface area contributed by atoms with Gasteiger partial charge >= 0.3 is 0 Å². The Balaban J connectivity index is 2.23. The van der Waals surface area contributed by atoms with Crippen molar-refractivity contribution in [2.75, 3.05) is 5.73 Å². The number of aromatic nitrogens is 2. The summed E-state index contributed by atoms with van der Waals surface area (Å²) in [5.41, 5.74) is 8.46. The van der Waals surface area contributed by atoms with Crippen molar-refractivity contribution >= 4 is 16.5 Å². The van der Waals surface area contributed by atoms with E-state index in [1.165, 1.54) is 0 Å². The van der Waals surface area contributed by atoms with E-state index in [4.69, 9.17) is 5.73 Å². The van der Waals surface area contributed by atoms with Crippen LogP contribution in [0.5, 0.6) is 0 Å². The van der Waals surface area contributed by atoms with Gasteiger partial charge in [-0.2, -0.15) is 5.10 Å². The third kappa shape index (κ3) is 2.55. The molecule has 0 bridgehead atoms. The normalized spacial score (nSPS) is 12.6. The molecule has 0 aliphatic rings. The first kappa shape index (κ1) is 11.9. The Labute approximate surface area is 103 Å². The van der Waals surface area contributed by atoms with Crippen LogP contribution >= 0.6 is 0 Å². The SMILES string of the molecule is Cc1cccc(S(=O)Cc2cnn(C)c2)c1N. The lowest BCUT2D eigenvalue weighted by molar-refractivity contribution is 0.683. The topological polar surface area (TPSA) is 60.9 Å². The van der Waals surface area contributed by atoms with Crippen molar-refractivity contribution in [3.05, 3.63) is 41.7 Å². The van der Waals surface area contributed by atoms with Crippen molar-refractivity contribution in [1.29, 1.82) is 0 Å². The molecule has 0 fully saturated rings. The van der Waals surface area contributed by atoms with Crippen LogP contribution in [0.2, 0.25) is 0 Å². The highest BCUT2D eigenvalue weighted by molar-refractivity contribution is 7.84. The summed E-state index contributed by atoms with van der Waals surface area (Å²) in [6.07, 6.45) is 3.59. The molecule has 0 radical (unpaired) electrons. The maximum absolute atomic E-state index is 12.2. The molecule has 4 nitrogen and oxygen atoms in total. The standard InChI is InChI=1S/C12H15N3OS/c1-9-4-3-5-11(12(9)13)17(16)8-10-6-14-15(2)7-10/h3-7H,8,13H2,1-2H3. The van der Waals surface area contributed by atoms with Gasteiger partial charge in [0.05, 0.1) is 33.3 Å². The number of nitrogens with zero attached hydrogens (tertiary/aromatic N) is 2. The molecule has 5 heteroatoms. The third-order valence-corrected chi connectivity index (χ3v) is 4.03. The predicted octanol–water partition coefficient (Wildman–Crippen LogP) is 1.62. The summed E-state index contributed by atoms with van der Waals surface area (Å²) in [4.78, 5) is 0.703. The molecule has 0 spiro atoms. The maximum Gasteiger partial charge on any atom is 0.0623 e. The van der Waals surface area contributed by atoms with Gasteiger partial charge in [0, 0.05) is 18.8 Å². The largest absolute Gasteiger partial charge is 0.398 e. The predicted molar refractivity (Wildman–Crippen MR) is 68.9 cm³/mol. The van der Waals surface area contributed by atoms with E-state index in [0.717, 1.165) is 11.1 Å². The maximum atomic E-state index is 12.2. The minimum atomic E-state index is -1.12. The van der Waals surface area contributed by atoms with Crippen molar-refractivity contribution < 1.29 is 4.21 Å². The van der Waals surface area contributed by atoms with Gasteiger partial charge in [-0.15, -0.1) is 0 Å². The van der Waals surface area contributed by atoms with Gasteiger partial charge in [0.2, 0.25) is 0 Å². The Morgan fingerprint density at radius 3 is 2.88 bits per heavy atom. The molecule has 90 valence electrons. The van der Waals surface area contributed by atoms with Gasteiger partial charge in [-0.1, -0.05) is 12.1 Å². The molecule has 0 aliphatic heterocycles. The lowest BCUT2D eigenvalue weighted by Gasteiger charge is -2.07. The van der Waals surface area contributed by atoms with Crippen molar-refractivity contribution in [2.24, 2.45) is 7.05 Å². The van der Waals surface area contributed by atoms with Gasteiger partial charge in [0.25, 0.3) is 0 Å². The van der Waals surface area contributed by atoms with Gasteiger partial charge in [-0.3, -0.25) is 8.89 Å². The van der Waals surface area contributed by atoms with Crippen LogP contribution in [-0.4, -0.2) is 14.0 Å². The summed E-state index contributed by atoms with van der Waals surface area (Å²) < 4.78 is 13.9. The first-order chi connectivity index (χ1) is 8.08. The Bertz CT molecular complexity index is 563. The molecule has 1 aromatic carbocycles. The molecule has 1 unspecified atom stereocenters. The number of nitrogen functional groups attached to an aromatic ring is 1. The number of anilines is 1. The smallest absolute Gasteiger partial charge is 0.0623 e. The second-order valence-electron chi connectivity index (χ2n) is 4.00. The minimum absolute atomic E-state index is 0.446. The fourth-order valence-electron chi connectivity index (χ4n) is 1.63. The summed E-state index contributed by atoms with van der Waals surface area (Å²) in [7, 11) is 0.719. The molecule has 2 N–H and O–H groups in total. The first-order valence-corrected chi connectivity index (χ1v) is 6.61. The van der Waals surface area contributed by atoms with Crippen molar-refractivity contribution in [1.82, 2.24) is 9.78 Å². The minimum Gasteiger partial charge on any atom is -0.398 e. The van der Waals surface area contributed by atoms with Gasteiger partial charge in [0.1, 0.15) is 0 Å². The van der Waals surface area contributed by atoms with Crippen molar-refractivity contribution in [2.45, 2.75) is 17.6 Å². The summed E-state index contributed by atoms with van der Waals surface area (Å²) in [5.74, 6) is 0.446. The average molecular weight is 249 g/mol. The van der Waals surface area contributed by atoms with Crippen molar-refractivity contribution in [3.8, 4) is 0 Å². The van der Waals surface area contributed by atoms with E-state index in [0.29, 0.717) is 16.3 Å². The van der Waals surface area contributed by atoms with Crippen LogP contribution in [0.15, 0.2) is 35.5 Å². The van der Waals surface area contributed by atoms with E-state index in [1.807, 2.05) is 38.4 Å². The molecular formula is C12H15N3OS. The van der Waals surface area contributed by atoms with Crippen LogP contribution in [0, 0.1) is 6.92 Å². The van der Waals surface area contributed by atoms with Crippen LogP contribution in [-0.2, 0) is 23.6 Å². The van der Waals surface area contributed by atoms with E-state index in [1.54, 1.807) is 10.9 Å². The zero-order valence-corrected chi connectivity index (χ0v) is 10.7. The third-order valence-electron chi connectivity index (χ3n) is 2.59. The molecule has 1 atom stereocenters. The molecule has 1 aromatic heterocycles.